The van der Waals surface area contributed by atoms with Gasteiger partial charge in [0, 0.05) is 24.1 Å². The molecular formula is C27H24Cl2N4S. The van der Waals surface area contributed by atoms with Crippen LogP contribution in [-0.4, -0.2) is 19.6 Å². The van der Waals surface area contributed by atoms with Gasteiger partial charge in [0.15, 0.2) is 5.11 Å². The number of rotatable bonds is 5. The van der Waals surface area contributed by atoms with Gasteiger partial charge < -0.3 is 14.8 Å². The zero-order valence-electron chi connectivity index (χ0n) is 18.9. The summed E-state index contributed by atoms with van der Waals surface area (Å²) in [5.41, 5.74) is 6.37. The highest BCUT2D eigenvalue weighted by atomic mass is 35.5. The number of nitrogens with zero attached hydrogens (tertiary/aromatic N) is 3. The van der Waals surface area contributed by atoms with E-state index < -0.39 is 0 Å². The maximum Gasteiger partial charge on any atom is 0.170 e. The molecule has 1 saturated heterocycles. The Labute approximate surface area is 215 Å². The minimum Gasteiger partial charge on any atom is -0.352 e. The molecule has 0 amide bonds. The van der Waals surface area contributed by atoms with Crippen LogP contribution in [0.15, 0.2) is 79.0 Å². The number of hydrogen-bond acceptors (Lipinski definition) is 2. The van der Waals surface area contributed by atoms with E-state index in [0.717, 1.165) is 27.9 Å². The van der Waals surface area contributed by atoms with E-state index in [4.69, 9.17) is 35.4 Å². The Morgan fingerprint density at radius 1 is 0.971 bits per heavy atom. The van der Waals surface area contributed by atoms with E-state index in [1.54, 1.807) is 6.07 Å². The summed E-state index contributed by atoms with van der Waals surface area (Å²) in [6.07, 6.45) is 1.83. The van der Waals surface area contributed by atoms with Gasteiger partial charge >= 0.3 is 0 Å². The van der Waals surface area contributed by atoms with E-state index in [-0.39, 0.29) is 12.1 Å². The van der Waals surface area contributed by atoms with Crippen molar-refractivity contribution in [1.82, 2.24) is 19.8 Å². The third kappa shape index (κ3) is 4.09. The molecule has 4 aromatic rings. The molecule has 172 valence electrons. The molecule has 1 N–H and O–H groups in total. The predicted molar refractivity (Wildman–Crippen MR) is 143 cm³/mol. The van der Waals surface area contributed by atoms with Crippen molar-refractivity contribution in [3.63, 3.8) is 0 Å². The summed E-state index contributed by atoms with van der Waals surface area (Å²) >= 11 is 18.8. The van der Waals surface area contributed by atoms with E-state index in [1.165, 1.54) is 11.1 Å². The summed E-state index contributed by atoms with van der Waals surface area (Å²) in [5, 5.41) is 5.34. The topological polar surface area (TPSA) is 33.1 Å². The Bertz CT molecular complexity index is 1340. The Morgan fingerprint density at radius 3 is 2.47 bits per heavy atom. The summed E-state index contributed by atoms with van der Waals surface area (Å²) < 4.78 is 2.17. The van der Waals surface area contributed by atoms with Gasteiger partial charge in [0.05, 0.1) is 33.5 Å². The van der Waals surface area contributed by atoms with Crippen molar-refractivity contribution in [3.8, 4) is 5.69 Å². The van der Waals surface area contributed by atoms with Crippen molar-refractivity contribution in [2.45, 2.75) is 32.5 Å². The minimum absolute atomic E-state index is 0.0412. The van der Waals surface area contributed by atoms with Gasteiger partial charge in [-0.25, -0.2) is 0 Å². The normalized spacial score (nSPS) is 17.8. The van der Waals surface area contributed by atoms with Gasteiger partial charge in [0.25, 0.3) is 0 Å². The van der Waals surface area contributed by atoms with Crippen molar-refractivity contribution >= 4 is 40.5 Å². The smallest absolute Gasteiger partial charge is 0.170 e. The molecule has 1 aliphatic rings. The zero-order valence-corrected chi connectivity index (χ0v) is 21.2. The second-order valence-corrected chi connectivity index (χ2v) is 9.65. The quantitative estimate of drug-likeness (QED) is 0.296. The van der Waals surface area contributed by atoms with Gasteiger partial charge in [0.2, 0.25) is 0 Å². The van der Waals surface area contributed by atoms with E-state index in [0.29, 0.717) is 16.6 Å². The van der Waals surface area contributed by atoms with E-state index in [2.05, 4.69) is 63.9 Å². The van der Waals surface area contributed by atoms with Crippen LogP contribution in [0.5, 0.6) is 0 Å². The number of nitrogens with one attached hydrogen (secondary N) is 1. The van der Waals surface area contributed by atoms with Gasteiger partial charge in [-0.15, -0.1) is 0 Å². The minimum atomic E-state index is -0.0822. The molecular weight excluding hydrogens is 483 g/mol. The van der Waals surface area contributed by atoms with Gasteiger partial charge in [-0.1, -0.05) is 65.7 Å². The maximum absolute atomic E-state index is 6.62. The molecule has 2 aromatic heterocycles. The molecule has 0 aliphatic carbocycles. The highest BCUT2D eigenvalue weighted by molar-refractivity contribution is 7.80. The molecule has 1 fully saturated rings. The van der Waals surface area contributed by atoms with E-state index in [1.807, 2.05) is 42.6 Å². The Morgan fingerprint density at radius 2 is 1.74 bits per heavy atom. The highest BCUT2D eigenvalue weighted by Crippen LogP contribution is 2.43. The van der Waals surface area contributed by atoms with Crippen molar-refractivity contribution < 1.29 is 0 Å². The van der Waals surface area contributed by atoms with Crippen LogP contribution in [0.2, 0.25) is 10.0 Å². The lowest BCUT2D eigenvalue weighted by Gasteiger charge is -2.28. The van der Waals surface area contributed by atoms with E-state index in [9.17, 15) is 0 Å². The zero-order chi connectivity index (χ0) is 23.8. The molecule has 5 rings (SSSR count). The number of halogens is 2. The Hall–Kier alpha value is -2.86. The van der Waals surface area contributed by atoms with Crippen molar-refractivity contribution in [3.05, 3.63) is 117 Å². The number of aromatic nitrogens is 2. The standard InChI is InChI=1S/C27H24Cl2N4S/c1-17-15-20(18(2)33(17)23-13-8-11-21(28)24(23)29)26-25(22-12-6-7-14-30-22)31-27(34)32(26)16-19-9-4-3-5-10-19/h3-15,25-26H,16H2,1-2H3,(H,31,34)/t25-,26-/m1/s1. The van der Waals surface area contributed by atoms with Gasteiger partial charge in [-0.05, 0) is 67.5 Å². The lowest BCUT2D eigenvalue weighted by atomic mass is 9.96. The molecule has 7 heteroatoms. The largest absolute Gasteiger partial charge is 0.352 e. The first-order chi connectivity index (χ1) is 16.5. The molecule has 0 unspecified atom stereocenters. The van der Waals surface area contributed by atoms with E-state index >= 15 is 0 Å². The maximum atomic E-state index is 6.62. The van der Waals surface area contributed by atoms with Gasteiger partial charge in [-0.2, -0.15) is 0 Å². The molecule has 3 heterocycles. The summed E-state index contributed by atoms with van der Waals surface area (Å²) in [5.74, 6) is 0. The van der Waals surface area contributed by atoms with Crippen LogP contribution >= 0.6 is 35.4 Å². The van der Waals surface area contributed by atoms with Crippen LogP contribution in [-0.2, 0) is 6.54 Å². The van der Waals surface area contributed by atoms with Crippen molar-refractivity contribution in [2.24, 2.45) is 0 Å². The Kier molecular flexibility index (Phi) is 6.34. The van der Waals surface area contributed by atoms with Crippen LogP contribution in [0, 0.1) is 13.8 Å². The molecule has 4 nitrogen and oxygen atoms in total. The highest BCUT2D eigenvalue weighted by Gasteiger charge is 2.41. The lowest BCUT2D eigenvalue weighted by molar-refractivity contribution is 0.310. The number of hydrogen-bond donors (Lipinski definition) is 1. The van der Waals surface area contributed by atoms with Gasteiger partial charge in [0.1, 0.15) is 0 Å². The number of pyridine rings is 1. The fraction of sp³-hybridized carbons (Fsp3) is 0.185. The number of aryl methyl sites for hydroxylation is 1. The number of benzene rings is 2. The summed E-state index contributed by atoms with van der Waals surface area (Å²) in [6, 6.07) is 24.2. The third-order valence-electron chi connectivity index (χ3n) is 6.35. The van der Waals surface area contributed by atoms with Crippen molar-refractivity contribution in [1.29, 1.82) is 0 Å². The molecule has 1 aliphatic heterocycles. The first-order valence-electron chi connectivity index (χ1n) is 11.1. The van der Waals surface area contributed by atoms with Crippen LogP contribution in [0.3, 0.4) is 0 Å². The van der Waals surface area contributed by atoms with Crippen molar-refractivity contribution in [2.75, 3.05) is 0 Å². The first-order valence-corrected chi connectivity index (χ1v) is 12.3. The molecule has 2 aromatic carbocycles. The summed E-state index contributed by atoms with van der Waals surface area (Å²) in [6.45, 7) is 4.91. The molecule has 0 radical (unpaired) electrons. The van der Waals surface area contributed by atoms with Gasteiger partial charge in [-0.3, -0.25) is 4.98 Å². The third-order valence-corrected chi connectivity index (χ3v) is 7.52. The average Bonchev–Trinajstić information content (AvgIpc) is 3.32. The lowest BCUT2D eigenvalue weighted by Crippen LogP contribution is -2.29. The summed E-state index contributed by atoms with van der Waals surface area (Å²) in [4.78, 5) is 6.92. The molecule has 2 atom stereocenters. The average molecular weight is 507 g/mol. The van der Waals surface area contributed by atoms with Crippen LogP contribution < -0.4 is 5.32 Å². The Balaban J connectivity index is 1.64. The number of thiocarbonyl (C=S) groups is 1. The SMILES string of the molecule is Cc1cc([C@@H]2[C@@H](c3ccccn3)NC(=S)N2Cc2ccccc2)c(C)n1-c1cccc(Cl)c1Cl. The fourth-order valence-corrected chi connectivity index (χ4v) is 5.50. The molecule has 0 spiro atoms. The van der Waals surface area contributed by atoms with Crippen LogP contribution in [0.4, 0.5) is 0 Å². The summed E-state index contributed by atoms with van der Waals surface area (Å²) in [7, 11) is 0. The monoisotopic (exact) mass is 506 g/mol. The molecule has 0 saturated carbocycles. The fourth-order valence-electron chi connectivity index (χ4n) is 4.82. The second-order valence-electron chi connectivity index (χ2n) is 8.47. The molecule has 0 bridgehead atoms. The first kappa shape index (κ1) is 22.9. The van der Waals surface area contributed by atoms with Crippen LogP contribution in [0.25, 0.3) is 5.69 Å². The van der Waals surface area contributed by atoms with Crippen LogP contribution in [0.1, 0.15) is 40.3 Å². The molecule has 34 heavy (non-hydrogen) atoms. The predicted octanol–water partition coefficient (Wildman–Crippen LogP) is 6.97. The second kappa shape index (κ2) is 9.41.